The largest absolute Gasteiger partial charge is 0.393 e. The van der Waals surface area contributed by atoms with Crippen molar-refractivity contribution in [2.24, 2.45) is 0 Å². The fourth-order valence-electron chi connectivity index (χ4n) is 3.29. The summed E-state index contributed by atoms with van der Waals surface area (Å²) in [5, 5.41) is 12.6. The van der Waals surface area contributed by atoms with Crippen LogP contribution in [0.25, 0.3) is 0 Å². The first kappa shape index (κ1) is 13.4. The molecule has 1 aromatic rings. The van der Waals surface area contributed by atoms with Crippen LogP contribution in [0.2, 0.25) is 0 Å². The zero-order chi connectivity index (χ0) is 14.1. The van der Waals surface area contributed by atoms with E-state index in [9.17, 15) is 9.90 Å². The van der Waals surface area contributed by atoms with Crippen molar-refractivity contribution in [3.05, 3.63) is 29.3 Å². The lowest BCUT2D eigenvalue weighted by Crippen LogP contribution is -2.46. The minimum Gasteiger partial charge on any atom is -0.393 e. The molecule has 4 nitrogen and oxygen atoms in total. The van der Waals surface area contributed by atoms with Crippen molar-refractivity contribution >= 4 is 11.7 Å². The molecule has 0 saturated heterocycles. The van der Waals surface area contributed by atoms with Crippen LogP contribution in [-0.4, -0.2) is 29.8 Å². The minimum atomic E-state index is -0.182. The number of aliphatic hydroxyl groups is 1. The number of amides is 2. The fraction of sp³-hybridized carbons (Fsp3) is 0.562. The number of hydrogen-bond acceptors (Lipinski definition) is 2. The van der Waals surface area contributed by atoms with E-state index < -0.39 is 0 Å². The molecule has 0 spiro atoms. The maximum absolute atomic E-state index is 12.4. The number of rotatable bonds is 1. The van der Waals surface area contributed by atoms with Gasteiger partial charge in [-0.05, 0) is 56.2 Å². The molecule has 1 aliphatic carbocycles. The molecule has 1 fully saturated rings. The van der Waals surface area contributed by atoms with Gasteiger partial charge in [0.05, 0.1) is 6.10 Å². The third kappa shape index (κ3) is 2.52. The van der Waals surface area contributed by atoms with Crippen LogP contribution in [0, 0.1) is 6.92 Å². The van der Waals surface area contributed by atoms with Gasteiger partial charge in [-0.2, -0.15) is 0 Å². The van der Waals surface area contributed by atoms with E-state index in [0.717, 1.165) is 44.3 Å². The Hall–Kier alpha value is -1.55. The molecule has 0 aromatic heterocycles. The van der Waals surface area contributed by atoms with Crippen molar-refractivity contribution in [1.29, 1.82) is 0 Å². The molecule has 1 aromatic carbocycles. The number of hydrogen-bond donors (Lipinski definition) is 2. The van der Waals surface area contributed by atoms with Gasteiger partial charge in [-0.25, -0.2) is 4.79 Å². The van der Waals surface area contributed by atoms with Crippen LogP contribution in [0.5, 0.6) is 0 Å². The number of aliphatic hydroxyl groups excluding tert-OH is 1. The lowest BCUT2D eigenvalue weighted by molar-refractivity contribution is 0.118. The van der Waals surface area contributed by atoms with Crippen molar-refractivity contribution in [2.45, 2.75) is 51.2 Å². The summed E-state index contributed by atoms with van der Waals surface area (Å²) in [5.41, 5.74) is 3.61. The lowest BCUT2D eigenvalue weighted by Gasteiger charge is -2.28. The van der Waals surface area contributed by atoms with E-state index in [1.54, 1.807) is 0 Å². The zero-order valence-corrected chi connectivity index (χ0v) is 11.9. The molecule has 0 atom stereocenters. The van der Waals surface area contributed by atoms with Crippen LogP contribution < -0.4 is 10.2 Å². The van der Waals surface area contributed by atoms with Crippen LogP contribution >= 0.6 is 0 Å². The standard InChI is InChI=1S/C16H22N2O2/c1-11-3-2-4-15-14(11)9-10-18(15)16(20)17-12-5-7-13(19)8-6-12/h2-4,12-13,19H,5-10H2,1H3,(H,17,20). The van der Waals surface area contributed by atoms with Crippen LogP contribution in [0.3, 0.4) is 0 Å². The first-order valence-corrected chi connectivity index (χ1v) is 7.50. The van der Waals surface area contributed by atoms with E-state index in [0.29, 0.717) is 0 Å². The topological polar surface area (TPSA) is 52.6 Å². The first-order chi connectivity index (χ1) is 9.65. The highest BCUT2D eigenvalue weighted by Crippen LogP contribution is 2.30. The zero-order valence-electron chi connectivity index (χ0n) is 11.9. The van der Waals surface area contributed by atoms with Crippen LogP contribution in [0.15, 0.2) is 18.2 Å². The average molecular weight is 274 g/mol. The predicted octanol–water partition coefficient (Wildman–Crippen LogP) is 2.37. The van der Waals surface area contributed by atoms with E-state index in [4.69, 9.17) is 0 Å². The van der Waals surface area contributed by atoms with Gasteiger partial charge in [0, 0.05) is 18.3 Å². The number of carbonyl (C=O) groups is 1. The maximum atomic E-state index is 12.4. The molecule has 2 amide bonds. The highest BCUT2D eigenvalue weighted by molar-refractivity contribution is 5.94. The summed E-state index contributed by atoms with van der Waals surface area (Å²) in [5.74, 6) is 0. The second kappa shape index (κ2) is 5.44. The highest BCUT2D eigenvalue weighted by atomic mass is 16.3. The molecular weight excluding hydrogens is 252 g/mol. The molecule has 2 N–H and O–H groups in total. The van der Waals surface area contributed by atoms with Crippen molar-refractivity contribution in [2.75, 3.05) is 11.4 Å². The summed E-state index contributed by atoms with van der Waals surface area (Å²) in [7, 11) is 0. The number of benzene rings is 1. The van der Waals surface area contributed by atoms with Gasteiger partial charge < -0.3 is 10.4 Å². The van der Waals surface area contributed by atoms with Crippen molar-refractivity contribution in [3.63, 3.8) is 0 Å². The molecule has 1 heterocycles. The van der Waals surface area contributed by atoms with Gasteiger partial charge in [0.25, 0.3) is 0 Å². The molecule has 0 bridgehead atoms. The Morgan fingerprint density at radius 2 is 2.05 bits per heavy atom. The van der Waals surface area contributed by atoms with Gasteiger partial charge >= 0.3 is 6.03 Å². The van der Waals surface area contributed by atoms with Gasteiger partial charge in [-0.3, -0.25) is 4.90 Å². The normalized spacial score (nSPS) is 25.4. The van der Waals surface area contributed by atoms with E-state index >= 15 is 0 Å². The average Bonchev–Trinajstić information content (AvgIpc) is 2.87. The quantitative estimate of drug-likeness (QED) is 0.826. The van der Waals surface area contributed by atoms with Gasteiger partial charge in [0.15, 0.2) is 0 Å². The summed E-state index contributed by atoms with van der Waals surface area (Å²) < 4.78 is 0. The van der Waals surface area contributed by atoms with Gasteiger partial charge in [-0.1, -0.05) is 12.1 Å². The number of anilines is 1. The van der Waals surface area contributed by atoms with Crippen LogP contribution in [0.4, 0.5) is 10.5 Å². The van der Waals surface area contributed by atoms with E-state index in [-0.39, 0.29) is 18.2 Å². The number of urea groups is 1. The second-order valence-corrected chi connectivity index (χ2v) is 5.93. The summed E-state index contributed by atoms with van der Waals surface area (Å²) in [6.07, 6.45) is 4.10. The van der Waals surface area contributed by atoms with E-state index in [1.165, 1.54) is 11.1 Å². The van der Waals surface area contributed by atoms with Crippen LogP contribution in [-0.2, 0) is 6.42 Å². The number of fused-ring (bicyclic) bond motifs is 1. The Morgan fingerprint density at radius 1 is 1.30 bits per heavy atom. The molecule has 0 radical (unpaired) electrons. The second-order valence-electron chi connectivity index (χ2n) is 5.93. The highest BCUT2D eigenvalue weighted by Gasteiger charge is 2.28. The number of nitrogens with one attached hydrogen (secondary N) is 1. The molecule has 20 heavy (non-hydrogen) atoms. The SMILES string of the molecule is Cc1cccc2c1CCN2C(=O)NC1CCC(O)CC1. The number of nitrogens with zero attached hydrogens (tertiary/aromatic N) is 1. The molecule has 2 aliphatic rings. The summed E-state index contributed by atoms with van der Waals surface area (Å²) in [6.45, 7) is 2.87. The summed E-state index contributed by atoms with van der Waals surface area (Å²) >= 11 is 0. The molecular formula is C16H22N2O2. The molecule has 1 saturated carbocycles. The Balaban J connectivity index is 1.66. The molecule has 3 rings (SSSR count). The van der Waals surface area contributed by atoms with Gasteiger partial charge in [0.2, 0.25) is 0 Å². The summed E-state index contributed by atoms with van der Waals surface area (Å²) in [4.78, 5) is 14.3. The molecule has 4 heteroatoms. The number of aryl methyl sites for hydroxylation is 1. The number of carbonyl (C=O) groups excluding carboxylic acids is 1. The first-order valence-electron chi connectivity index (χ1n) is 7.50. The van der Waals surface area contributed by atoms with Gasteiger partial charge in [-0.15, -0.1) is 0 Å². The van der Waals surface area contributed by atoms with Gasteiger partial charge in [0.1, 0.15) is 0 Å². The Kier molecular flexibility index (Phi) is 3.66. The maximum Gasteiger partial charge on any atom is 0.322 e. The van der Waals surface area contributed by atoms with Crippen LogP contribution in [0.1, 0.15) is 36.8 Å². The lowest BCUT2D eigenvalue weighted by atomic mass is 9.93. The molecule has 0 unspecified atom stereocenters. The molecule has 108 valence electrons. The third-order valence-corrected chi connectivity index (χ3v) is 4.53. The Bertz CT molecular complexity index is 507. The predicted molar refractivity (Wildman–Crippen MR) is 79.0 cm³/mol. The summed E-state index contributed by atoms with van der Waals surface area (Å²) in [6, 6.07) is 6.36. The van der Waals surface area contributed by atoms with E-state index in [2.05, 4.69) is 18.3 Å². The van der Waals surface area contributed by atoms with Crippen molar-refractivity contribution in [1.82, 2.24) is 5.32 Å². The molecule has 1 aliphatic heterocycles. The Labute approximate surface area is 119 Å². The smallest absolute Gasteiger partial charge is 0.322 e. The monoisotopic (exact) mass is 274 g/mol. The fourth-order valence-corrected chi connectivity index (χ4v) is 3.29. The minimum absolute atomic E-state index is 0.00994. The van der Waals surface area contributed by atoms with Crippen molar-refractivity contribution < 1.29 is 9.90 Å². The third-order valence-electron chi connectivity index (χ3n) is 4.53. The van der Waals surface area contributed by atoms with E-state index in [1.807, 2.05) is 17.0 Å². The van der Waals surface area contributed by atoms with Crippen molar-refractivity contribution in [3.8, 4) is 0 Å². The Morgan fingerprint density at radius 3 is 2.80 bits per heavy atom.